The van der Waals surface area contributed by atoms with E-state index in [2.05, 4.69) is 15.2 Å². The summed E-state index contributed by atoms with van der Waals surface area (Å²) in [6.45, 7) is 3.47. The summed E-state index contributed by atoms with van der Waals surface area (Å²) in [5.74, 6) is 0.952. The number of methoxy groups -OCH3 is 1. The highest BCUT2D eigenvalue weighted by atomic mass is 35.5. The zero-order valence-corrected chi connectivity index (χ0v) is 16.5. The van der Waals surface area contributed by atoms with Gasteiger partial charge in [-0.2, -0.15) is 0 Å². The topological polar surface area (TPSA) is 103 Å². The Hall–Kier alpha value is -2.81. The fraction of sp³-hybridized carbons (Fsp3) is 0.444. The minimum atomic E-state index is -0.541. The molecule has 0 bridgehead atoms. The molecule has 0 radical (unpaired) electrons. The molecule has 1 aliphatic rings. The number of nitrogens with zero attached hydrogens (tertiary/aromatic N) is 4. The molecule has 1 unspecified atom stereocenters. The molecular weight excluding hydrogens is 386 g/mol. The van der Waals surface area contributed by atoms with Crippen molar-refractivity contribution < 1.29 is 14.5 Å². The number of amides is 1. The number of anilines is 1. The lowest BCUT2D eigenvalue weighted by atomic mass is 10.2. The van der Waals surface area contributed by atoms with E-state index in [1.165, 1.54) is 6.20 Å². The van der Waals surface area contributed by atoms with Gasteiger partial charge in [-0.25, -0.2) is 0 Å². The predicted octanol–water partition coefficient (Wildman–Crippen LogP) is 2.55. The van der Waals surface area contributed by atoms with Crippen molar-refractivity contribution in [1.29, 1.82) is 0 Å². The van der Waals surface area contributed by atoms with Gasteiger partial charge in [0.15, 0.2) is 0 Å². The summed E-state index contributed by atoms with van der Waals surface area (Å²) in [6, 6.07) is 5.49. The summed E-state index contributed by atoms with van der Waals surface area (Å²) in [6.07, 6.45) is 2.40. The number of imidazole rings is 1. The van der Waals surface area contributed by atoms with Crippen LogP contribution in [0.1, 0.15) is 18.7 Å². The van der Waals surface area contributed by atoms with Crippen LogP contribution < -0.4 is 15.0 Å². The van der Waals surface area contributed by atoms with Gasteiger partial charge < -0.3 is 29.6 Å². The van der Waals surface area contributed by atoms with E-state index in [1.54, 1.807) is 24.7 Å². The molecule has 1 fully saturated rings. The van der Waals surface area contributed by atoms with Crippen LogP contribution in [0.4, 0.5) is 11.5 Å². The molecule has 1 atom stereocenters. The first-order valence-electron chi connectivity index (χ1n) is 8.93. The molecule has 28 heavy (non-hydrogen) atoms. The average Bonchev–Trinajstić information content (AvgIpc) is 3.26. The Morgan fingerprint density at radius 1 is 1.50 bits per heavy atom. The Bertz CT molecular complexity index is 885. The van der Waals surface area contributed by atoms with Gasteiger partial charge in [0.25, 0.3) is 0 Å². The van der Waals surface area contributed by atoms with Gasteiger partial charge in [-0.05, 0) is 34.5 Å². The molecule has 9 nitrogen and oxygen atoms in total. The van der Waals surface area contributed by atoms with Crippen LogP contribution >= 0.6 is 11.6 Å². The molecular formula is C18H22ClN5O4. The molecule has 1 amide bonds. The number of benzene rings is 1. The number of ether oxygens (including phenoxy) is 1. The number of rotatable bonds is 7. The van der Waals surface area contributed by atoms with Gasteiger partial charge in [0.2, 0.25) is 11.7 Å². The quantitative estimate of drug-likeness (QED) is 0.559. The van der Waals surface area contributed by atoms with Crippen LogP contribution in [0.15, 0.2) is 24.4 Å². The summed E-state index contributed by atoms with van der Waals surface area (Å²) < 4.78 is 7.02. The van der Waals surface area contributed by atoms with Gasteiger partial charge in [0, 0.05) is 44.0 Å². The number of aryl methyl sites for hydroxylation is 2. The Labute approximate surface area is 167 Å². The summed E-state index contributed by atoms with van der Waals surface area (Å²) in [7, 11) is 1.62. The van der Waals surface area contributed by atoms with Gasteiger partial charge in [0.05, 0.1) is 12.8 Å². The molecule has 2 aromatic rings. The van der Waals surface area contributed by atoms with E-state index in [9.17, 15) is 14.9 Å². The standard InChI is InChI=1S/C18H22ClN5O4/c1-12-20-17(24(26)27)11-22(12)8-6-18(25)21-14-5-7-23(10-14)15-9-13(19)3-4-16(15)28-2/h3-4,9,11,14H,5-8,10H2,1-2H3,(H,21,25). The second kappa shape index (κ2) is 8.47. The van der Waals surface area contributed by atoms with Crippen molar-refractivity contribution in [3.05, 3.63) is 45.4 Å². The second-order valence-electron chi connectivity index (χ2n) is 6.66. The molecule has 1 aromatic carbocycles. The normalized spacial score (nSPS) is 16.2. The van der Waals surface area contributed by atoms with E-state index in [4.69, 9.17) is 16.3 Å². The van der Waals surface area contributed by atoms with Crippen molar-refractivity contribution in [1.82, 2.24) is 14.9 Å². The fourth-order valence-corrected chi connectivity index (χ4v) is 3.50. The van der Waals surface area contributed by atoms with Crippen molar-refractivity contribution >= 4 is 29.0 Å². The van der Waals surface area contributed by atoms with Crippen LogP contribution in [0.3, 0.4) is 0 Å². The van der Waals surface area contributed by atoms with Crippen LogP contribution in [0.5, 0.6) is 5.75 Å². The largest absolute Gasteiger partial charge is 0.495 e. The lowest BCUT2D eigenvalue weighted by Crippen LogP contribution is -2.37. The van der Waals surface area contributed by atoms with Gasteiger partial charge in [-0.15, -0.1) is 0 Å². The van der Waals surface area contributed by atoms with E-state index in [-0.39, 0.29) is 24.2 Å². The van der Waals surface area contributed by atoms with Crippen LogP contribution in [0.25, 0.3) is 0 Å². The number of hydrogen-bond acceptors (Lipinski definition) is 6. The fourth-order valence-electron chi connectivity index (χ4n) is 3.33. The van der Waals surface area contributed by atoms with Gasteiger partial charge >= 0.3 is 5.82 Å². The SMILES string of the molecule is COc1ccc(Cl)cc1N1CCC(NC(=O)CCn2cc([N+](=O)[O-])nc2C)C1. The predicted molar refractivity (Wildman–Crippen MR) is 105 cm³/mol. The number of nitrogens with one attached hydrogen (secondary N) is 1. The first-order chi connectivity index (χ1) is 13.4. The minimum absolute atomic E-state index is 0.0226. The minimum Gasteiger partial charge on any atom is -0.495 e. The maximum atomic E-state index is 12.3. The summed E-state index contributed by atoms with van der Waals surface area (Å²) in [5, 5.41) is 14.4. The van der Waals surface area contributed by atoms with Crippen molar-refractivity contribution in [2.24, 2.45) is 0 Å². The van der Waals surface area contributed by atoms with Gasteiger partial charge in [-0.1, -0.05) is 11.6 Å². The number of hydrogen-bond donors (Lipinski definition) is 1. The molecule has 2 heterocycles. The third-order valence-electron chi connectivity index (χ3n) is 4.77. The third kappa shape index (κ3) is 4.53. The Morgan fingerprint density at radius 2 is 2.29 bits per heavy atom. The Kier molecular flexibility index (Phi) is 6.03. The molecule has 1 aliphatic heterocycles. The third-order valence-corrected chi connectivity index (χ3v) is 5.00. The van der Waals surface area contributed by atoms with E-state index < -0.39 is 4.92 Å². The number of carbonyl (C=O) groups excluding carboxylic acids is 1. The Morgan fingerprint density at radius 3 is 2.96 bits per heavy atom. The smallest absolute Gasteiger partial charge is 0.381 e. The van der Waals surface area contributed by atoms with Crippen molar-refractivity contribution in [2.45, 2.75) is 32.4 Å². The van der Waals surface area contributed by atoms with E-state index in [0.717, 1.165) is 24.4 Å². The van der Waals surface area contributed by atoms with E-state index >= 15 is 0 Å². The highest BCUT2D eigenvalue weighted by Gasteiger charge is 2.26. The van der Waals surface area contributed by atoms with Crippen LogP contribution in [0.2, 0.25) is 5.02 Å². The molecule has 1 saturated heterocycles. The molecule has 0 saturated carbocycles. The van der Waals surface area contributed by atoms with Gasteiger partial charge in [-0.3, -0.25) is 4.79 Å². The van der Waals surface area contributed by atoms with Crippen LogP contribution in [0, 0.1) is 17.0 Å². The lowest BCUT2D eigenvalue weighted by molar-refractivity contribution is -0.389. The number of carbonyl (C=O) groups is 1. The molecule has 3 rings (SSSR count). The number of halogens is 1. The monoisotopic (exact) mass is 407 g/mol. The molecule has 1 N–H and O–H groups in total. The first kappa shape index (κ1) is 19.9. The number of nitro groups is 1. The Balaban J connectivity index is 1.53. The molecule has 0 aliphatic carbocycles. The maximum Gasteiger partial charge on any atom is 0.381 e. The maximum absolute atomic E-state index is 12.3. The highest BCUT2D eigenvalue weighted by Crippen LogP contribution is 2.33. The summed E-state index contributed by atoms with van der Waals surface area (Å²) in [5.41, 5.74) is 0.910. The summed E-state index contributed by atoms with van der Waals surface area (Å²) in [4.78, 5) is 28.5. The van der Waals surface area contributed by atoms with Gasteiger partial charge in [0.1, 0.15) is 11.9 Å². The lowest BCUT2D eigenvalue weighted by Gasteiger charge is -2.21. The summed E-state index contributed by atoms with van der Waals surface area (Å²) >= 11 is 6.10. The van der Waals surface area contributed by atoms with Crippen LogP contribution in [-0.4, -0.2) is 46.6 Å². The highest BCUT2D eigenvalue weighted by molar-refractivity contribution is 6.30. The zero-order chi connectivity index (χ0) is 20.3. The molecule has 0 spiro atoms. The van der Waals surface area contributed by atoms with E-state index in [1.807, 2.05) is 12.1 Å². The number of aromatic nitrogens is 2. The zero-order valence-electron chi connectivity index (χ0n) is 15.7. The molecule has 10 heteroatoms. The molecule has 1 aromatic heterocycles. The average molecular weight is 408 g/mol. The second-order valence-corrected chi connectivity index (χ2v) is 7.10. The van der Waals surface area contributed by atoms with Crippen LogP contribution in [-0.2, 0) is 11.3 Å². The first-order valence-corrected chi connectivity index (χ1v) is 9.31. The van der Waals surface area contributed by atoms with Crippen molar-refractivity contribution in [2.75, 3.05) is 25.1 Å². The van der Waals surface area contributed by atoms with Crippen molar-refractivity contribution in [3.63, 3.8) is 0 Å². The van der Waals surface area contributed by atoms with Crippen molar-refractivity contribution in [3.8, 4) is 5.75 Å². The van der Waals surface area contributed by atoms with E-state index in [0.29, 0.717) is 23.9 Å². The molecule has 150 valence electrons.